The standard InChI is InChI=1S/C12H8BrClN2O2/c1-18-12-10(15-4-5-16-12)11(17)7-2-3-9(14)8(13)6-7/h2-6H,1H3. The summed E-state index contributed by atoms with van der Waals surface area (Å²) >= 11 is 9.15. The molecule has 0 bridgehead atoms. The van der Waals surface area contributed by atoms with E-state index < -0.39 is 0 Å². The highest BCUT2D eigenvalue weighted by Gasteiger charge is 2.17. The van der Waals surface area contributed by atoms with Gasteiger partial charge >= 0.3 is 0 Å². The molecule has 6 heteroatoms. The highest BCUT2D eigenvalue weighted by atomic mass is 79.9. The van der Waals surface area contributed by atoms with Gasteiger partial charge in [0.25, 0.3) is 0 Å². The Balaban J connectivity index is 2.44. The predicted octanol–water partition coefficient (Wildman–Crippen LogP) is 3.13. The van der Waals surface area contributed by atoms with E-state index in [9.17, 15) is 4.79 Å². The van der Waals surface area contributed by atoms with Crippen molar-refractivity contribution in [1.82, 2.24) is 9.97 Å². The summed E-state index contributed by atoms with van der Waals surface area (Å²) < 4.78 is 5.66. The fraction of sp³-hybridized carbons (Fsp3) is 0.0833. The van der Waals surface area contributed by atoms with Crippen LogP contribution in [-0.2, 0) is 0 Å². The minimum Gasteiger partial charge on any atom is -0.479 e. The zero-order valence-electron chi connectivity index (χ0n) is 9.35. The molecular weight excluding hydrogens is 320 g/mol. The van der Waals surface area contributed by atoms with Crippen molar-refractivity contribution < 1.29 is 9.53 Å². The summed E-state index contributed by atoms with van der Waals surface area (Å²) in [4.78, 5) is 20.2. The normalized spacial score (nSPS) is 10.2. The first-order chi connectivity index (χ1) is 8.63. The number of hydrogen-bond donors (Lipinski definition) is 0. The van der Waals surface area contributed by atoms with Crippen LogP contribution in [0.2, 0.25) is 5.02 Å². The first-order valence-electron chi connectivity index (χ1n) is 4.98. The summed E-state index contributed by atoms with van der Waals surface area (Å²) in [5.41, 5.74) is 0.638. The van der Waals surface area contributed by atoms with Crippen LogP contribution in [0.1, 0.15) is 16.1 Å². The third-order valence-corrected chi connectivity index (χ3v) is 3.47. The molecule has 0 saturated heterocycles. The number of ether oxygens (including phenoxy) is 1. The van der Waals surface area contributed by atoms with Gasteiger partial charge in [-0.3, -0.25) is 4.79 Å². The second kappa shape index (κ2) is 5.46. The van der Waals surface area contributed by atoms with Gasteiger partial charge in [-0.1, -0.05) is 11.6 Å². The van der Waals surface area contributed by atoms with Crippen molar-refractivity contribution in [3.8, 4) is 5.88 Å². The van der Waals surface area contributed by atoms with Crippen LogP contribution in [0.4, 0.5) is 0 Å². The number of carbonyl (C=O) groups excluding carboxylic acids is 1. The van der Waals surface area contributed by atoms with Crippen LogP contribution in [0.5, 0.6) is 5.88 Å². The molecule has 92 valence electrons. The van der Waals surface area contributed by atoms with Crippen LogP contribution in [0, 0.1) is 0 Å². The summed E-state index contributed by atoms with van der Waals surface area (Å²) in [5.74, 6) is -0.0640. The van der Waals surface area contributed by atoms with Gasteiger partial charge in [0.15, 0.2) is 5.69 Å². The minimum absolute atomic E-state index is 0.175. The quantitative estimate of drug-likeness (QED) is 0.813. The molecule has 1 aromatic heterocycles. The number of methoxy groups -OCH3 is 1. The van der Waals surface area contributed by atoms with Gasteiger partial charge in [-0.15, -0.1) is 0 Å². The van der Waals surface area contributed by atoms with Gasteiger partial charge < -0.3 is 4.74 Å². The summed E-state index contributed by atoms with van der Waals surface area (Å²) in [6.45, 7) is 0. The molecule has 0 spiro atoms. The number of ketones is 1. The Kier molecular flexibility index (Phi) is 3.93. The number of aromatic nitrogens is 2. The van der Waals surface area contributed by atoms with E-state index in [1.165, 1.54) is 19.5 Å². The maximum atomic E-state index is 12.2. The van der Waals surface area contributed by atoms with Crippen molar-refractivity contribution in [2.24, 2.45) is 0 Å². The Hall–Kier alpha value is -1.46. The average Bonchev–Trinajstić information content (AvgIpc) is 2.41. The highest BCUT2D eigenvalue weighted by molar-refractivity contribution is 9.10. The van der Waals surface area contributed by atoms with Crippen molar-refractivity contribution in [3.63, 3.8) is 0 Å². The van der Waals surface area contributed by atoms with Gasteiger partial charge in [-0.2, -0.15) is 0 Å². The molecule has 2 rings (SSSR count). The Labute approximate surface area is 117 Å². The smallest absolute Gasteiger partial charge is 0.243 e. The van der Waals surface area contributed by atoms with E-state index in [1.54, 1.807) is 18.2 Å². The molecule has 0 atom stereocenters. The predicted molar refractivity (Wildman–Crippen MR) is 71.2 cm³/mol. The molecule has 0 aliphatic rings. The molecule has 0 radical (unpaired) electrons. The van der Waals surface area contributed by atoms with Gasteiger partial charge in [-0.25, -0.2) is 9.97 Å². The third kappa shape index (κ3) is 2.52. The Morgan fingerprint density at radius 2 is 2.06 bits per heavy atom. The lowest BCUT2D eigenvalue weighted by Crippen LogP contribution is -2.07. The third-order valence-electron chi connectivity index (χ3n) is 2.25. The maximum absolute atomic E-state index is 12.2. The van der Waals surface area contributed by atoms with Crippen LogP contribution < -0.4 is 4.74 Å². The van der Waals surface area contributed by atoms with E-state index in [0.717, 1.165) is 0 Å². The lowest BCUT2D eigenvalue weighted by atomic mass is 10.1. The Bertz CT molecular complexity index is 604. The SMILES string of the molecule is COc1nccnc1C(=O)c1ccc(Cl)c(Br)c1. The Morgan fingerprint density at radius 1 is 1.33 bits per heavy atom. The monoisotopic (exact) mass is 326 g/mol. The van der Waals surface area contributed by atoms with E-state index in [4.69, 9.17) is 16.3 Å². The fourth-order valence-corrected chi connectivity index (χ4v) is 1.90. The summed E-state index contributed by atoms with van der Waals surface area (Å²) in [6, 6.07) is 4.91. The molecule has 4 nitrogen and oxygen atoms in total. The molecule has 1 aromatic carbocycles. The van der Waals surface area contributed by atoms with Crippen molar-refractivity contribution in [2.75, 3.05) is 7.11 Å². The molecule has 0 N–H and O–H groups in total. The molecule has 1 heterocycles. The molecule has 0 unspecified atom stereocenters. The maximum Gasteiger partial charge on any atom is 0.243 e. The van der Waals surface area contributed by atoms with E-state index in [2.05, 4.69) is 25.9 Å². The van der Waals surface area contributed by atoms with E-state index >= 15 is 0 Å². The summed E-state index contributed by atoms with van der Waals surface area (Å²) in [7, 11) is 1.44. The van der Waals surface area contributed by atoms with Crippen molar-refractivity contribution in [1.29, 1.82) is 0 Å². The number of halogens is 2. The minimum atomic E-state index is -0.266. The zero-order chi connectivity index (χ0) is 13.1. The largest absolute Gasteiger partial charge is 0.479 e. The molecular formula is C12H8BrClN2O2. The van der Waals surface area contributed by atoms with Crippen molar-refractivity contribution in [2.45, 2.75) is 0 Å². The molecule has 0 saturated carbocycles. The lowest BCUT2D eigenvalue weighted by molar-refractivity contribution is 0.103. The number of carbonyl (C=O) groups is 1. The first kappa shape index (κ1) is 13.0. The zero-order valence-corrected chi connectivity index (χ0v) is 11.7. The Morgan fingerprint density at radius 3 is 2.72 bits per heavy atom. The van der Waals surface area contributed by atoms with Crippen molar-refractivity contribution in [3.05, 3.63) is 51.3 Å². The summed E-state index contributed by atoms with van der Waals surface area (Å²) in [5, 5.41) is 0.540. The lowest BCUT2D eigenvalue weighted by Gasteiger charge is -2.05. The van der Waals surface area contributed by atoms with E-state index in [1.807, 2.05) is 0 Å². The van der Waals surface area contributed by atoms with Crippen LogP contribution in [0.15, 0.2) is 35.1 Å². The van der Waals surface area contributed by atoms with Crippen LogP contribution >= 0.6 is 27.5 Å². The van der Waals surface area contributed by atoms with Gasteiger partial charge in [0.05, 0.1) is 12.1 Å². The fourth-order valence-electron chi connectivity index (χ4n) is 1.40. The second-order valence-corrected chi connectivity index (χ2v) is 4.63. The number of nitrogens with zero attached hydrogens (tertiary/aromatic N) is 2. The van der Waals surface area contributed by atoms with Gasteiger partial charge in [0.2, 0.25) is 11.7 Å². The van der Waals surface area contributed by atoms with Crippen LogP contribution in [0.3, 0.4) is 0 Å². The van der Waals surface area contributed by atoms with E-state index in [-0.39, 0.29) is 17.4 Å². The highest BCUT2D eigenvalue weighted by Crippen LogP contribution is 2.25. The van der Waals surface area contributed by atoms with Gasteiger partial charge in [0.1, 0.15) is 0 Å². The second-order valence-electron chi connectivity index (χ2n) is 3.37. The molecule has 0 aliphatic heterocycles. The average molecular weight is 328 g/mol. The van der Waals surface area contributed by atoms with E-state index in [0.29, 0.717) is 15.1 Å². The molecule has 0 amide bonds. The first-order valence-corrected chi connectivity index (χ1v) is 6.15. The number of rotatable bonds is 3. The summed E-state index contributed by atoms with van der Waals surface area (Å²) in [6.07, 6.45) is 2.91. The van der Waals surface area contributed by atoms with Gasteiger partial charge in [0, 0.05) is 22.4 Å². The molecule has 0 fully saturated rings. The number of benzene rings is 1. The molecule has 18 heavy (non-hydrogen) atoms. The topological polar surface area (TPSA) is 52.1 Å². The van der Waals surface area contributed by atoms with Crippen LogP contribution in [0.25, 0.3) is 0 Å². The molecule has 2 aromatic rings. The van der Waals surface area contributed by atoms with Crippen molar-refractivity contribution >= 4 is 33.3 Å². The number of hydrogen-bond acceptors (Lipinski definition) is 4. The van der Waals surface area contributed by atoms with Gasteiger partial charge in [-0.05, 0) is 34.1 Å². The molecule has 0 aliphatic carbocycles. The van der Waals surface area contributed by atoms with Crippen LogP contribution in [-0.4, -0.2) is 22.9 Å².